The van der Waals surface area contributed by atoms with Crippen LogP contribution in [0.2, 0.25) is 0 Å². The zero-order valence-corrected chi connectivity index (χ0v) is 8.19. The molecule has 0 bridgehead atoms. The molecule has 0 radical (unpaired) electrons. The van der Waals surface area contributed by atoms with Crippen molar-refractivity contribution in [1.82, 2.24) is 4.90 Å². The van der Waals surface area contributed by atoms with Gasteiger partial charge in [-0.15, -0.1) is 0 Å². The van der Waals surface area contributed by atoms with Gasteiger partial charge in [0.25, 0.3) is 0 Å². The van der Waals surface area contributed by atoms with Crippen molar-refractivity contribution in [2.75, 3.05) is 27.2 Å². The normalized spacial score (nSPS) is 30.3. The summed E-state index contributed by atoms with van der Waals surface area (Å²) < 4.78 is 5.26. The Balaban J connectivity index is 2.49. The molecule has 0 aromatic rings. The monoisotopic (exact) mass is 187 g/mol. The lowest BCUT2D eigenvalue weighted by atomic mass is 9.92. The fourth-order valence-corrected chi connectivity index (χ4v) is 1.92. The number of carbonyl (C=O) groups is 1. The van der Waals surface area contributed by atoms with Crippen LogP contribution in [0, 0.1) is 5.92 Å². The Bertz CT molecular complexity index is 184. The Hall–Kier alpha value is -0.610. The van der Waals surface area contributed by atoms with Gasteiger partial charge in [-0.25, -0.2) is 0 Å². The van der Waals surface area contributed by atoms with Crippen LogP contribution in [0.25, 0.3) is 0 Å². The van der Waals surface area contributed by atoms with Crippen LogP contribution in [-0.2, 0) is 9.53 Å². The molecule has 1 saturated heterocycles. The van der Waals surface area contributed by atoms with Crippen LogP contribution in [0.4, 0.5) is 0 Å². The first-order valence-electron chi connectivity index (χ1n) is 4.56. The summed E-state index contributed by atoms with van der Waals surface area (Å²) >= 11 is 0. The van der Waals surface area contributed by atoms with Gasteiger partial charge in [0.15, 0.2) is 0 Å². The van der Waals surface area contributed by atoms with E-state index in [9.17, 15) is 4.79 Å². The Morgan fingerprint density at radius 1 is 1.69 bits per heavy atom. The van der Waals surface area contributed by atoms with Crippen LogP contribution in [0.5, 0.6) is 0 Å². The Labute approximate surface area is 78.5 Å². The van der Waals surface area contributed by atoms with Crippen molar-refractivity contribution in [2.45, 2.75) is 18.9 Å². The number of rotatable bonds is 3. The van der Waals surface area contributed by atoms with Crippen LogP contribution >= 0.6 is 0 Å². The second-order valence-corrected chi connectivity index (χ2v) is 3.68. The lowest BCUT2D eigenvalue weighted by Crippen LogP contribution is -2.42. The molecule has 0 saturated carbocycles. The third-order valence-corrected chi connectivity index (χ3v) is 2.61. The molecule has 1 N–H and O–H groups in total. The molecule has 1 aliphatic heterocycles. The highest BCUT2D eigenvalue weighted by atomic mass is 16.5. The summed E-state index contributed by atoms with van der Waals surface area (Å²) in [7, 11) is 3.67. The Morgan fingerprint density at radius 3 is 2.92 bits per heavy atom. The number of ether oxygens (including phenoxy) is 1. The number of carboxylic acids is 1. The number of hydrogen-bond acceptors (Lipinski definition) is 3. The molecule has 2 unspecified atom stereocenters. The highest BCUT2D eigenvalue weighted by Gasteiger charge is 2.29. The lowest BCUT2D eigenvalue weighted by Gasteiger charge is -2.35. The van der Waals surface area contributed by atoms with Gasteiger partial charge in [0.2, 0.25) is 0 Å². The average molecular weight is 187 g/mol. The van der Waals surface area contributed by atoms with Crippen LogP contribution < -0.4 is 0 Å². The van der Waals surface area contributed by atoms with Crippen molar-refractivity contribution in [2.24, 2.45) is 5.92 Å². The van der Waals surface area contributed by atoms with E-state index in [-0.39, 0.29) is 18.4 Å². The van der Waals surface area contributed by atoms with Crippen LogP contribution in [0.15, 0.2) is 0 Å². The van der Waals surface area contributed by atoms with Gasteiger partial charge in [-0.2, -0.15) is 0 Å². The Kier molecular flexibility index (Phi) is 3.69. The van der Waals surface area contributed by atoms with Gasteiger partial charge in [-0.1, -0.05) is 0 Å². The van der Waals surface area contributed by atoms with E-state index < -0.39 is 5.97 Å². The first kappa shape index (κ1) is 10.5. The fraction of sp³-hybridized carbons (Fsp3) is 0.889. The van der Waals surface area contributed by atoms with Crippen LogP contribution in [-0.4, -0.2) is 49.3 Å². The predicted molar refractivity (Wildman–Crippen MR) is 48.7 cm³/mol. The van der Waals surface area contributed by atoms with Crippen molar-refractivity contribution in [3.8, 4) is 0 Å². The van der Waals surface area contributed by atoms with E-state index in [0.717, 1.165) is 19.5 Å². The summed E-state index contributed by atoms with van der Waals surface area (Å²) in [5.74, 6) is -0.594. The molecule has 1 aliphatic rings. The van der Waals surface area contributed by atoms with E-state index in [0.29, 0.717) is 0 Å². The number of likely N-dealkylation sites (tertiary alicyclic amines) is 1. The molecule has 0 spiro atoms. The van der Waals surface area contributed by atoms with Gasteiger partial charge < -0.3 is 14.7 Å². The van der Waals surface area contributed by atoms with Gasteiger partial charge in [-0.3, -0.25) is 4.79 Å². The maximum absolute atomic E-state index is 10.6. The maximum atomic E-state index is 10.6. The van der Waals surface area contributed by atoms with Gasteiger partial charge in [0, 0.05) is 26.1 Å². The molecule has 4 nitrogen and oxygen atoms in total. The number of aliphatic carboxylic acids is 1. The molecule has 0 aromatic heterocycles. The molecular weight excluding hydrogens is 170 g/mol. The molecule has 4 heteroatoms. The maximum Gasteiger partial charge on any atom is 0.303 e. The third kappa shape index (κ3) is 2.97. The highest BCUT2D eigenvalue weighted by molar-refractivity contribution is 5.67. The number of carboxylic acid groups (broad SMARTS) is 1. The first-order chi connectivity index (χ1) is 6.13. The van der Waals surface area contributed by atoms with Crippen molar-refractivity contribution < 1.29 is 14.6 Å². The predicted octanol–water partition coefficient (Wildman–Crippen LogP) is 0.428. The summed E-state index contributed by atoms with van der Waals surface area (Å²) in [4.78, 5) is 12.7. The van der Waals surface area contributed by atoms with Gasteiger partial charge in [0.05, 0.1) is 12.5 Å². The number of hydrogen-bond donors (Lipinski definition) is 1. The van der Waals surface area contributed by atoms with Crippen molar-refractivity contribution in [1.29, 1.82) is 0 Å². The fourth-order valence-electron chi connectivity index (χ4n) is 1.92. The second kappa shape index (κ2) is 4.58. The van der Waals surface area contributed by atoms with Crippen LogP contribution in [0.1, 0.15) is 12.8 Å². The topological polar surface area (TPSA) is 49.8 Å². The minimum absolute atomic E-state index is 0.118. The quantitative estimate of drug-likeness (QED) is 0.696. The second-order valence-electron chi connectivity index (χ2n) is 3.68. The van der Waals surface area contributed by atoms with Gasteiger partial charge in [0.1, 0.15) is 0 Å². The molecule has 0 aromatic carbocycles. The zero-order valence-electron chi connectivity index (χ0n) is 8.19. The standard InChI is InChI=1S/C9H17NO3/c1-10-4-3-8(13-2)7(6-10)5-9(11)12/h7-8H,3-6H2,1-2H3,(H,11,12). The van der Waals surface area contributed by atoms with Crippen molar-refractivity contribution in [3.63, 3.8) is 0 Å². The minimum atomic E-state index is -0.734. The van der Waals surface area contributed by atoms with Crippen molar-refractivity contribution >= 4 is 5.97 Å². The Morgan fingerprint density at radius 2 is 2.38 bits per heavy atom. The van der Waals surface area contributed by atoms with E-state index in [2.05, 4.69) is 4.90 Å². The smallest absolute Gasteiger partial charge is 0.303 e. The molecular formula is C9H17NO3. The van der Waals surface area contributed by atoms with E-state index in [1.165, 1.54) is 0 Å². The third-order valence-electron chi connectivity index (χ3n) is 2.61. The molecule has 1 heterocycles. The summed E-state index contributed by atoms with van der Waals surface area (Å²) in [6.07, 6.45) is 1.26. The number of nitrogens with zero attached hydrogens (tertiary/aromatic N) is 1. The van der Waals surface area contributed by atoms with Gasteiger partial charge >= 0.3 is 5.97 Å². The molecule has 0 aliphatic carbocycles. The van der Waals surface area contributed by atoms with E-state index in [1.807, 2.05) is 7.05 Å². The lowest BCUT2D eigenvalue weighted by molar-refractivity contribution is -0.140. The van der Waals surface area contributed by atoms with Crippen LogP contribution in [0.3, 0.4) is 0 Å². The molecule has 76 valence electrons. The minimum Gasteiger partial charge on any atom is -0.481 e. The molecule has 1 rings (SSSR count). The van der Waals surface area contributed by atoms with Crippen molar-refractivity contribution in [3.05, 3.63) is 0 Å². The zero-order chi connectivity index (χ0) is 9.84. The molecule has 0 amide bonds. The number of methoxy groups -OCH3 is 1. The summed E-state index contributed by atoms with van der Waals surface area (Å²) in [6.45, 7) is 1.82. The molecule has 2 atom stereocenters. The highest BCUT2D eigenvalue weighted by Crippen LogP contribution is 2.21. The average Bonchev–Trinajstić information content (AvgIpc) is 2.03. The number of piperidine rings is 1. The largest absolute Gasteiger partial charge is 0.481 e. The molecule has 13 heavy (non-hydrogen) atoms. The van der Waals surface area contributed by atoms with E-state index >= 15 is 0 Å². The summed E-state index contributed by atoms with van der Waals surface area (Å²) in [6, 6.07) is 0. The first-order valence-corrected chi connectivity index (χ1v) is 4.56. The van der Waals surface area contributed by atoms with E-state index in [1.54, 1.807) is 7.11 Å². The summed E-state index contributed by atoms with van der Waals surface area (Å²) in [5, 5.41) is 8.69. The van der Waals surface area contributed by atoms with Gasteiger partial charge in [-0.05, 0) is 13.5 Å². The van der Waals surface area contributed by atoms with E-state index in [4.69, 9.17) is 9.84 Å². The SMILES string of the molecule is COC1CCN(C)CC1CC(=O)O. The molecule has 1 fully saturated rings. The summed E-state index contributed by atoms with van der Waals surface area (Å²) in [5.41, 5.74) is 0.